The lowest BCUT2D eigenvalue weighted by atomic mass is 9.86. The Hall–Kier alpha value is -0.530. The van der Waals surface area contributed by atoms with Crippen LogP contribution in [0.4, 0.5) is 0 Å². The molecule has 1 aromatic carbocycles. The normalized spacial score (nSPS) is 26.3. The third-order valence-electron chi connectivity index (χ3n) is 4.58. The van der Waals surface area contributed by atoms with Crippen LogP contribution in [0.3, 0.4) is 0 Å². The fraction of sp³-hybridized carbons (Fsp3) is 0.625. The number of hydrogen-bond donors (Lipinski definition) is 0. The van der Waals surface area contributed by atoms with Crippen LogP contribution in [0.5, 0.6) is 0 Å². The van der Waals surface area contributed by atoms with E-state index >= 15 is 0 Å². The van der Waals surface area contributed by atoms with E-state index in [-0.39, 0.29) is 12.4 Å². The molecule has 1 aromatic rings. The average molecular weight is 266 g/mol. The van der Waals surface area contributed by atoms with Crippen molar-refractivity contribution in [1.82, 2.24) is 4.90 Å². The summed E-state index contributed by atoms with van der Waals surface area (Å²) in [4.78, 5) is 2.69. The van der Waals surface area contributed by atoms with E-state index in [2.05, 4.69) is 36.1 Å². The van der Waals surface area contributed by atoms with Crippen molar-refractivity contribution in [2.75, 3.05) is 19.6 Å². The van der Waals surface area contributed by atoms with E-state index in [1.165, 1.54) is 45.3 Å². The maximum absolute atomic E-state index is 2.69. The van der Waals surface area contributed by atoms with Gasteiger partial charge in [-0.3, -0.25) is 0 Å². The highest BCUT2D eigenvalue weighted by Gasteiger charge is 2.36. The van der Waals surface area contributed by atoms with E-state index in [1.54, 1.807) is 11.1 Å². The van der Waals surface area contributed by atoms with Gasteiger partial charge in [0.2, 0.25) is 0 Å². The van der Waals surface area contributed by atoms with Crippen molar-refractivity contribution < 1.29 is 0 Å². The summed E-state index contributed by atoms with van der Waals surface area (Å²) >= 11 is 0. The van der Waals surface area contributed by atoms with Crippen molar-refractivity contribution in [3.05, 3.63) is 35.4 Å². The molecule has 3 rings (SSSR count). The van der Waals surface area contributed by atoms with E-state index in [0.29, 0.717) is 0 Å². The van der Waals surface area contributed by atoms with Gasteiger partial charge in [0.25, 0.3) is 0 Å². The van der Waals surface area contributed by atoms with Gasteiger partial charge in [-0.25, -0.2) is 0 Å². The number of benzene rings is 1. The number of fused-ring (bicyclic) bond motifs is 3. The molecule has 1 nitrogen and oxygen atoms in total. The molecule has 1 aliphatic carbocycles. The van der Waals surface area contributed by atoms with Gasteiger partial charge in [0.1, 0.15) is 0 Å². The average Bonchev–Trinajstić information content (AvgIpc) is 2.74. The van der Waals surface area contributed by atoms with Crippen LogP contribution in [0.25, 0.3) is 0 Å². The Morgan fingerprint density at radius 2 is 2.11 bits per heavy atom. The summed E-state index contributed by atoms with van der Waals surface area (Å²) in [6.45, 7) is 6.25. The first-order chi connectivity index (χ1) is 8.38. The zero-order chi connectivity index (χ0) is 11.7. The monoisotopic (exact) mass is 265 g/mol. The molecule has 0 amide bonds. The second-order valence-electron chi connectivity index (χ2n) is 5.71. The molecule has 100 valence electrons. The first kappa shape index (κ1) is 13.9. The molecule has 0 N–H and O–H groups in total. The number of likely N-dealkylation sites (tertiary alicyclic amines) is 1. The van der Waals surface area contributed by atoms with Crippen LogP contribution in [0.2, 0.25) is 0 Å². The van der Waals surface area contributed by atoms with Crippen LogP contribution < -0.4 is 0 Å². The molecule has 2 atom stereocenters. The third-order valence-corrected chi connectivity index (χ3v) is 4.58. The summed E-state index contributed by atoms with van der Waals surface area (Å²) in [5.74, 6) is 1.77. The Morgan fingerprint density at radius 1 is 1.28 bits per heavy atom. The highest BCUT2D eigenvalue weighted by Crippen LogP contribution is 2.42. The molecular formula is C16H24ClN. The topological polar surface area (TPSA) is 3.24 Å². The van der Waals surface area contributed by atoms with E-state index in [0.717, 1.165) is 11.8 Å². The lowest BCUT2D eigenvalue weighted by Crippen LogP contribution is -2.38. The number of unbranched alkanes of at least 4 members (excludes halogenated alkanes) is 1. The van der Waals surface area contributed by atoms with Crippen molar-refractivity contribution in [1.29, 1.82) is 0 Å². The van der Waals surface area contributed by atoms with Crippen molar-refractivity contribution in [3.63, 3.8) is 0 Å². The number of hydrogen-bond acceptors (Lipinski definition) is 1. The molecule has 0 bridgehead atoms. The smallest absolute Gasteiger partial charge is 0.00187 e. The number of nitrogens with zero attached hydrogens (tertiary/aromatic N) is 1. The van der Waals surface area contributed by atoms with Crippen LogP contribution in [-0.4, -0.2) is 24.5 Å². The zero-order valence-corrected chi connectivity index (χ0v) is 12.1. The molecule has 1 aliphatic heterocycles. The summed E-state index contributed by atoms with van der Waals surface area (Å²) < 4.78 is 0. The maximum Gasteiger partial charge on any atom is 0.00187 e. The van der Waals surface area contributed by atoms with Crippen molar-refractivity contribution in [3.8, 4) is 0 Å². The number of rotatable bonds is 3. The fourth-order valence-corrected chi connectivity index (χ4v) is 3.67. The van der Waals surface area contributed by atoms with E-state index in [1.807, 2.05) is 0 Å². The Bertz CT molecular complexity index is 390. The summed E-state index contributed by atoms with van der Waals surface area (Å²) in [7, 11) is 0. The highest BCUT2D eigenvalue weighted by atomic mass is 35.5. The van der Waals surface area contributed by atoms with Crippen molar-refractivity contribution in [2.24, 2.45) is 5.92 Å². The highest BCUT2D eigenvalue weighted by molar-refractivity contribution is 5.85. The molecule has 1 fully saturated rings. The molecule has 0 saturated carbocycles. The Labute approximate surface area is 117 Å². The SMILES string of the molecule is CCCCN1CCC2c3ccccc3CC2C1.Cl. The van der Waals surface area contributed by atoms with Crippen LogP contribution in [0, 0.1) is 5.92 Å². The zero-order valence-electron chi connectivity index (χ0n) is 11.3. The van der Waals surface area contributed by atoms with Gasteiger partial charge in [0, 0.05) is 6.54 Å². The van der Waals surface area contributed by atoms with Gasteiger partial charge in [0.15, 0.2) is 0 Å². The summed E-state index contributed by atoms with van der Waals surface area (Å²) in [6, 6.07) is 9.11. The predicted molar refractivity (Wildman–Crippen MR) is 79.6 cm³/mol. The molecule has 18 heavy (non-hydrogen) atoms. The second-order valence-corrected chi connectivity index (χ2v) is 5.71. The van der Waals surface area contributed by atoms with E-state index < -0.39 is 0 Å². The fourth-order valence-electron chi connectivity index (χ4n) is 3.67. The van der Waals surface area contributed by atoms with Gasteiger partial charge >= 0.3 is 0 Å². The molecule has 0 spiro atoms. The van der Waals surface area contributed by atoms with Gasteiger partial charge in [-0.1, -0.05) is 37.6 Å². The minimum atomic E-state index is 0. The largest absolute Gasteiger partial charge is 0.303 e. The third kappa shape index (κ3) is 2.57. The summed E-state index contributed by atoms with van der Waals surface area (Å²) in [5, 5.41) is 0. The standard InChI is InChI=1S/C16H23N.ClH/c1-2-3-9-17-10-8-16-14(12-17)11-13-6-4-5-7-15(13)16;/h4-7,14,16H,2-3,8-12H2,1H3;1H. The lowest BCUT2D eigenvalue weighted by molar-refractivity contribution is 0.160. The van der Waals surface area contributed by atoms with Crippen molar-refractivity contribution >= 4 is 12.4 Å². The first-order valence-electron chi connectivity index (χ1n) is 7.18. The van der Waals surface area contributed by atoms with Crippen LogP contribution >= 0.6 is 12.4 Å². The molecule has 2 unspecified atom stereocenters. The second kappa shape index (κ2) is 6.08. The molecular weight excluding hydrogens is 242 g/mol. The molecule has 2 aliphatic rings. The van der Waals surface area contributed by atoms with E-state index in [9.17, 15) is 0 Å². The number of piperidine rings is 1. The molecule has 2 heteroatoms. The van der Waals surface area contributed by atoms with Crippen LogP contribution in [0.1, 0.15) is 43.2 Å². The summed E-state index contributed by atoms with van der Waals surface area (Å²) in [6.07, 6.45) is 5.39. The van der Waals surface area contributed by atoms with Crippen molar-refractivity contribution in [2.45, 2.75) is 38.5 Å². The lowest BCUT2D eigenvalue weighted by Gasteiger charge is -2.35. The Morgan fingerprint density at radius 3 is 2.94 bits per heavy atom. The molecule has 0 radical (unpaired) electrons. The minimum absolute atomic E-state index is 0. The van der Waals surface area contributed by atoms with E-state index in [4.69, 9.17) is 0 Å². The number of halogens is 1. The molecule has 1 heterocycles. The van der Waals surface area contributed by atoms with Gasteiger partial charge < -0.3 is 4.90 Å². The van der Waals surface area contributed by atoms with Crippen LogP contribution in [0.15, 0.2) is 24.3 Å². The van der Waals surface area contributed by atoms with Gasteiger partial charge in [-0.2, -0.15) is 0 Å². The Balaban J connectivity index is 0.00000120. The predicted octanol–water partition coefficient (Wildman–Crippen LogP) is 3.87. The minimum Gasteiger partial charge on any atom is -0.303 e. The van der Waals surface area contributed by atoms with Gasteiger partial charge in [-0.05, 0) is 55.3 Å². The quantitative estimate of drug-likeness (QED) is 0.802. The molecule has 1 saturated heterocycles. The summed E-state index contributed by atoms with van der Waals surface area (Å²) in [5.41, 5.74) is 3.28. The Kier molecular flexibility index (Phi) is 4.69. The first-order valence-corrected chi connectivity index (χ1v) is 7.18. The molecule has 0 aromatic heterocycles. The maximum atomic E-state index is 2.69. The van der Waals surface area contributed by atoms with Gasteiger partial charge in [0.05, 0.1) is 0 Å². The van der Waals surface area contributed by atoms with Gasteiger partial charge in [-0.15, -0.1) is 12.4 Å². The van der Waals surface area contributed by atoms with Crippen LogP contribution in [-0.2, 0) is 6.42 Å².